The molecule has 3 nitrogen and oxygen atoms in total. The highest BCUT2D eigenvalue weighted by Gasteiger charge is 2.30. The molecule has 1 aromatic heterocycles. The van der Waals surface area contributed by atoms with Crippen molar-refractivity contribution in [3.05, 3.63) is 53.9 Å². The Morgan fingerprint density at radius 2 is 1.59 bits per heavy atom. The van der Waals surface area contributed by atoms with Gasteiger partial charge in [-0.25, -0.2) is 4.98 Å². The van der Waals surface area contributed by atoms with E-state index in [9.17, 15) is 13.2 Å². The molecule has 0 aliphatic heterocycles. The number of alkyl halides is 3. The number of rotatable bonds is 8. The highest BCUT2D eigenvalue weighted by atomic mass is 19.4. The standard InChI is InChI=1S/C21H22F3NO2/c1-2-3-4-5-6-15-26-20-14-11-18(25-16-20)10-7-17-8-12-19(13-9-17)27-21(22,23)24/h8-9,11-14,16H,2-6,15H2,1H3. The zero-order chi connectivity index (χ0) is 19.5. The van der Waals surface area contributed by atoms with Crippen molar-refractivity contribution in [2.24, 2.45) is 0 Å². The van der Waals surface area contributed by atoms with Crippen molar-refractivity contribution in [1.29, 1.82) is 0 Å². The summed E-state index contributed by atoms with van der Waals surface area (Å²) in [7, 11) is 0. The number of benzene rings is 1. The van der Waals surface area contributed by atoms with E-state index in [2.05, 4.69) is 28.5 Å². The quantitative estimate of drug-likeness (QED) is 0.435. The van der Waals surface area contributed by atoms with Gasteiger partial charge in [-0.15, -0.1) is 13.2 Å². The number of pyridine rings is 1. The van der Waals surface area contributed by atoms with Gasteiger partial charge in [-0.05, 0) is 48.7 Å². The SMILES string of the molecule is CCCCCCCOc1ccc(C#Cc2ccc(OC(F)(F)F)cc2)nc1. The lowest BCUT2D eigenvalue weighted by atomic mass is 10.2. The Labute approximate surface area is 157 Å². The molecule has 0 atom stereocenters. The zero-order valence-electron chi connectivity index (χ0n) is 15.2. The summed E-state index contributed by atoms with van der Waals surface area (Å²) in [5.41, 5.74) is 1.12. The molecule has 6 heteroatoms. The van der Waals surface area contributed by atoms with Crippen LogP contribution in [0.15, 0.2) is 42.6 Å². The van der Waals surface area contributed by atoms with E-state index in [1.807, 2.05) is 6.07 Å². The van der Waals surface area contributed by atoms with Crippen LogP contribution in [0.2, 0.25) is 0 Å². The molecule has 0 aliphatic carbocycles. The summed E-state index contributed by atoms with van der Waals surface area (Å²) in [5, 5.41) is 0. The number of hydrogen-bond acceptors (Lipinski definition) is 3. The van der Waals surface area contributed by atoms with E-state index in [-0.39, 0.29) is 5.75 Å². The van der Waals surface area contributed by atoms with Crippen LogP contribution in [0.4, 0.5) is 13.2 Å². The van der Waals surface area contributed by atoms with E-state index in [0.717, 1.165) is 12.8 Å². The summed E-state index contributed by atoms with van der Waals surface area (Å²) in [6.45, 7) is 2.85. The van der Waals surface area contributed by atoms with E-state index in [4.69, 9.17) is 4.74 Å². The lowest BCUT2D eigenvalue weighted by Crippen LogP contribution is -2.16. The summed E-state index contributed by atoms with van der Waals surface area (Å²) >= 11 is 0. The average Bonchev–Trinajstić information content (AvgIpc) is 2.64. The maximum absolute atomic E-state index is 12.1. The van der Waals surface area contributed by atoms with Gasteiger partial charge in [0.1, 0.15) is 17.2 Å². The summed E-state index contributed by atoms with van der Waals surface area (Å²) in [6.07, 6.45) is 2.82. The van der Waals surface area contributed by atoms with Crippen LogP contribution in [0, 0.1) is 11.8 Å². The number of nitrogens with zero attached hydrogens (tertiary/aromatic N) is 1. The largest absolute Gasteiger partial charge is 0.573 e. The molecule has 1 aromatic carbocycles. The van der Waals surface area contributed by atoms with Crippen LogP contribution in [0.1, 0.15) is 50.3 Å². The van der Waals surface area contributed by atoms with Crippen molar-refractivity contribution in [2.75, 3.05) is 6.61 Å². The van der Waals surface area contributed by atoms with Crippen molar-refractivity contribution >= 4 is 0 Å². The van der Waals surface area contributed by atoms with Gasteiger partial charge in [0.2, 0.25) is 0 Å². The number of ether oxygens (including phenoxy) is 2. The summed E-state index contributed by atoms with van der Waals surface area (Å²) in [5.74, 6) is 6.14. The molecule has 1 heterocycles. The Hall–Kier alpha value is -2.68. The predicted octanol–water partition coefficient (Wildman–Crippen LogP) is 5.73. The van der Waals surface area contributed by atoms with Gasteiger partial charge in [0.05, 0.1) is 12.8 Å². The predicted molar refractivity (Wildman–Crippen MR) is 97.6 cm³/mol. The van der Waals surface area contributed by atoms with Gasteiger partial charge in [-0.2, -0.15) is 0 Å². The van der Waals surface area contributed by atoms with Crippen molar-refractivity contribution in [1.82, 2.24) is 4.98 Å². The number of halogens is 3. The molecular weight excluding hydrogens is 355 g/mol. The van der Waals surface area contributed by atoms with Gasteiger partial charge in [0.15, 0.2) is 0 Å². The Morgan fingerprint density at radius 3 is 2.22 bits per heavy atom. The van der Waals surface area contributed by atoms with Crippen molar-refractivity contribution in [2.45, 2.75) is 45.4 Å². The maximum Gasteiger partial charge on any atom is 0.573 e. The highest BCUT2D eigenvalue weighted by Crippen LogP contribution is 2.22. The van der Waals surface area contributed by atoms with Crippen LogP contribution in [0.5, 0.6) is 11.5 Å². The van der Waals surface area contributed by atoms with E-state index in [1.54, 1.807) is 12.3 Å². The minimum atomic E-state index is -4.70. The molecule has 144 valence electrons. The summed E-state index contributed by atoms with van der Waals surface area (Å²) in [4.78, 5) is 4.22. The van der Waals surface area contributed by atoms with Crippen LogP contribution < -0.4 is 9.47 Å². The third-order valence-electron chi connectivity index (χ3n) is 3.68. The van der Waals surface area contributed by atoms with Gasteiger partial charge in [-0.3, -0.25) is 0 Å². The molecule has 0 bridgehead atoms. The maximum atomic E-state index is 12.1. The molecule has 0 aliphatic rings. The summed E-state index contributed by atoms with van der Waals surface area (Å²) < 4.78 is 45.8. The normalized spacial score (nSPS) is 10.8. The first-order valence-corrected chi connectivity index (χ1v) is 8.93. The Balaban J connectivity index is 1.82. The van der Waals surface area contributed by atoms with Crippen molar-refractivity contribution in [3.63, 3.8) is 0 Å². The first kappa shape index (κ1) is 20.6. The van der Waals surface area contributed by atoms with E-state index < -0.39 is 6.36 Å². The fourth-order valence-electron chi connectivity index (χ4n) is 2.31. The third-order valence-corrected chi connectivity index (χ3v) is 3.68. The molecule has 0 saturated heterocycles. The van der Waals surface area contributed by atoms with E-state index in [0.29, 0.717) is 23.6 Å². The molecule has 2 rings (SSSR count). The second-order valence-electron chi connectivity index (χ2n) is 5.96. The van der Waals surface area contributed by atoms with E-state index >= 15 is 0 Å². The fourth-order valence-corrected chi connectivity index (χ4v) is 2.31. The lowest BCUT2D eigenvalue weighted by molar-refractivity contribution is -0.274. The molecule has 0 radical (unpaired) electrons. The molecule has 0 fully saturated rings. The molecule has 0 saturated carbocycles. The Kier molecular flexibility index (Phi) is 8.00. The van der Waals surface area contributed by atoms with Crippen LogP contribution >= 0.6 is 0 Å². The van der Waals surface area contributed by atoms with Crippen LogP contribution in [0.25, 0.3) is 0 Å². The Morgan fingerprint density at radius 1 is 0.889 bits per heavy atom. The van der Waals surface area contributed by atoms with Gasteiger partial charge >= 0.3 is 6.36 Å². The minimum absolute atomic E-state index is 0.276. The van der Waals surface area contributed by atoms with Gasteiger partial charge in [0, 0.05) is 5.56 Å². The van der Waals surface area contributed by atoms with Crippen LogP contribution in [0.3, 0.4) is 0 Å². The van der Waals surface area contributed by atoms with Gasteiger partial charge < -0.3 is 9.47 Å². The minimum Gasteiger partial charge on any atom is -0.492 e. The number of aromatic nitrogens is 1. The smallest absolute Gasteiger partial charge is 0.492 e. The Bertz CT molecular complexity index is 744. The molecule has 0 unspecified atom stereocenters. The second-order valence-corrected chi connectivity index (χ2v) is 5.96. The topological polar surface area (TPSA) is 31.4 Å². The average molecular weight is 377 g/mol. The molecule has 2 aromatic rings. The van der Waals surface area contributed by atoms with Gasteiger partial charge in [-0.1, -0.05) is 38.5 Å². The van der Waals surface area contributed by atoms with E-state index in [1.165, 1.54) is 43.5 Å². The zero-order valence-corrected chi connectivity index (χ0v) is 15.2. The molecule has 0 N–H and O–H groups in total. The van der Waals surface area contributed by atoms with Gasteiger partial charge in [0.25, 0.3) is 0 Å². The third kappa shape index (κ3) is 8.50. The van der Waals surface area contributed by atoms with Crippen molar-refractivity contribution in [3.8, 4) is 23.3 Å². The second kappa shape index (κ2) is 10.5. The number of unbranched alkanes of at least 4 members (excludes halogenated alkanes) is 4. The molecule has 27 heavy (non-hydrogen) atoms. The van der Waals surface area contributed by atoms with Crippen molar-refractivity contribution < 1.29 is 22.6 Å². The molecule has 0 spiro atoms. The fraction of sp³-hybridized carbons (Fsp3) is 0.381. The van der Waals surface area contributed by atoms with Crippen LogP contribution in [-0.4, -0.2) is 18.0 Å². The van der Waals surface area contributed by atoms with Crippen LogP contribution in [-0.2, 0) is 0 Å². The lowest BCUT2D eigenvalue weighted by Gasteiger charge is -2.07. The first-order chi connectivity index (χ1) is 13.0. The first-order valence-electron chi connectivity index (χ1n) is 8.93. The summed E-state index contributed by atoms with van der Waals surface area (Å²) in [6, 6.07) is 8.93. The number of hydrogen-bond donors (Lipinski definition) is 0. The molecular formula is C21H22F3NO2. The highest BCUT2D eigenvalue weighted by molar-refractivity contribution is 5.42. The monoisotopic (exact) mass is 377 g/mol. The molecule has 0 amide bonds.